The number of furan rings is 1. The zero-order valence-electron chi connectivity index (χ0n) is 14.1. The van der Waals surface area contributed by atoms with E-state index in [-0.39, 0.29) is 12.0 Å². The highest BCUT2D eigenvalue weighted by molar-refractivity contribution is 5.78. The number of hydrogen-bond donors (Lipinski definition) is 0. The number of likely N-dealkylation sites (N-methyl/N-ethyl adjacent to an activating group) is 1. The molecule has 0 saturated carbocycles. The van der Waals surface area contributed by atoms with E-state index >= 15 is 0 Å². The maximum atomic E-state index is 12.3. The first-order chi connectivity index (χ1) is 11.0. The molecule has 0 unspecified atom stereocenters. The quantitative estimate of drug-likeness (QED) is 0.817. The van der Waals surface area contributed by atoms with Crippen molar-refractivity contribution in [3.05, 3.63) is 23.7 Å². The molecule has 2 heterocycles. The van der Waals surface area contributed by atoms with Crippen molar-refractivity contribution in [2.24, 2.45) is 0 Å². The van der Waals surface area contributed by atoms with Gasteiger partial charge in [-0.3, -0.25) is 9.69 Å². The smallest absolute Gasteiger partial charge is 0.409 e. The Morgan fingerprint density at radius 2 is 1.96 bits per heavy atom. The van der Waals surface area contributed by atoms with Crippen molar-refractivity contribution in [3.63, 3.8) is 0 Å². The second kappa shape index (κ2) is 8.01. The standard InChI is InChI=1S/C16H25N3O4/c1-4-22-16(21)19-9-7-18(8-10-19)12-15(20)17(3)11-14-6-5-13(2)23-14/h5-6H,4,7-12H2,1-3H3. The Bertz CT molecular complexity index is 535. The molecule has 2 rings (SSSR count). The Hall–Kier alpha value is -2.02. The van der Waals surface area contributed by atoms with Crippen molar-refractivity contribution in [1.29, 1.82) is 0 Å². The topological polar surface area (TPSA) is 66.2 Å². The molecule has 1 fully saturated rings. The Morgan fingerprint density at radius 3 is 2.52 bits per heavy atom. The molecule has 7 nitrogen and oxygen atoms in total. The van der Waals surface area contributed by atoms with E-state index in [2.05, 4.69) is 4.90 Å². The third kappa shape index (κ3) is 4.99. The van der Waals surface area contributed by atoms with Crippen LogP contribution in [0, 0.1) is 6.92 Å². The first-order valence-electron chi connectivity index (χ1n) is 7.93. The summed E-state index contributed by atoms with van der Waals surface area (Å²) in [6, 6.07) is 3.78. The molecule has 0 N–H and O–H groups in total. The van der Waals surface area contributed by atoms with E-state index in [0.29, 0.717) is 45.9 Å². The Morgan fingerprint density at radius 1 is 1.26 bits per heavy atom. The maximum absolute atomic E-state index is 12.3. The molecule has 0 spiro atoms. The fraction of sp³-hybridized carbons (Fsp3) is 0.625. The lowest BCUT2D eigenvalue weighted by Gasteiger charge is -2.34. The van der Waals surface area contributed by atoms with E-state index in [1.807, 2.05) is 19.1 Å². The molecular weight excluding hydrogens is 298 g/mol. The van der Waals surface area contributed by atoms with Crippen molar-refractivity contribution < 1.29 is 18.7 Å². The largest absolute Gasteiger partial charge is 0.464 e. The van der Waals surface area contributed by atoms with Gasteiger partial charge in [-0.1, -0.05) is 0 Å². The Kier molecular flexibility index (Phi) is 6.04. The maximum Gasteiger partial charge on any atom is 0.409 e. The summed E-state index contributed by atoms with van der Waals surface area (Å²) in [7, 11) is 1.77. The molecule has 2 amide bonds. The van der Waals surface area contributed by atoms with Crippen LogP contribution in [-0.2, 0) is 16.1 Å². The van der Waals surface area contributed by atoms with Gasteiger partial charge in [0.25, 0.3) is 0 Å². The van der Waals surface area contributed by atoms with Crippen molar-refractivity contribution in [1.82, 2.24) is 14.7 Å². The average molecular weight is 323 g/mol. The summed E-state index contributed by atoms with van der Waals surface area (Å²) in [6.45, 7) is 7.42. The zero-order chi connectivity index (χ0) is 16.8. The van der Waals surface area contributed by atoms with Crippen LogP contribution in [0.5, 0.6) is 0 Å². The molecule has 0 radical (unpaired) electrons. The first-order valence-corrected chi connectivity index (χ1v) is 7.93. The van der Waals surface area contributed by atoms with Crippen LogP contribution in [0.1, 0.15) is 18.4 Å². The lowest BCUT2D eigenvalue weighted by atomic mass is 10.3. The summed E-state index contributed by atoms with van der Waals surface area (Å²) in [5.74, 6) is 1.67. The van der Waals surface area contributed by atoms with E-state index in [0.717, 1.165) is 11.5 Å². The number of nitrogens with zero attached hydrogens (tertiary/aromatic N) is 3. The predicted octanol–water partition coefficient (Wildman–Crippen LogP) is 1.32. The molecule has 1 saturated heterocycles. The number of carbonyl (C=O) groups is 2. The van der Waals surface area contributed by atoms with Crippen molar-refractivity contribution in [3.8, 4) is 0 Å². The number of aryl methyl sites for hydroxylation is 1. The molecule has 1 aromatic heterocycles. The normalized spacial score (nSPS) is 15.5. The van der Waals surface area contributed by atoms with Crippen molar-refractivity contribution in [2.75, 3.05) is 46.4 Å². The van der Waals surface area contributed by atoms with Crippen LogP contribution in [0.25, 0.3) is 0 Å². The van der Waals surface area contributed by atoms with Crippen LogP contribution >= 0.6 is 0 Å². The fourth-order valence-electron chi connectivity index (χ4n) is 2.51. The van der Waals surface area contributed by atoms with E-state index in [1.165, 1.54) is 0 Å². The van der Waals surface area contributed by atoms with Gasteiger partial charge in [0.15, 0.2) is 0 Å². The molecule has 0 aromatic carbocycles. The van der Waals surface area contributed by atoms with E-state index in [4.69, 9.17) is 9.15 Å². The molecule has 1 aliphatic rings. The van der Waals surface area contributed by atoms with Crippen LogP contribution in [-0.4, -0.2) is 73.1 Å². The second-order valence-corrected chi connectivity index (χ2v) is 5.72. The molecule has 0 bridgehead atoms. The molecule has 23 heavy (non-hydrogen) atoms. The van der Waals surface area contributed by atoms with Crippen LogP contribution in [0.4, 0.5) is 4.79 Å². The number of amides is 2. The van der Waals surface area contributed by atoms with Crippen LogP contribution in [0.15, 0.2) is 16.5 Å². The lowest BCUT2D eigenvalue weighted by Crippen LogP contribution is -2.51. The van der Waals surface area contributed by atoms with Gasteiger partial charge in [0.05, 0.1) is 19.7 Å². The number of hydrogen-bond acceptors (Lipinski definition) is 5. The summed E-state index contributed by atoms with van der Waals surface area (Å²) in [5, 5.41) is 0. The highest BCUT2D eigenvalue weighted by atomic mass is 16.6. The van der Waals surface area contributed by atoms with Gasteiger partial charge in [0.1, 0.15) is 11.5 Å². The molecule has 128 valence electrons. The van der Waals surface area contributed by atoms with Gasteiger partial charge in [0, 0.05) is 33.2 Å². The number of carbonyl (C=O) groups excluding carboxylic acids is 2. The van der Waals surface area contributed by atoms with Gasteiger partial charge in [-0.2, -0.15) is 0 Å². The summed E-state index contributed by atoms with van der Waals surface area (Å²) in [5.41, 5.74) is 0. The highest BCUT2D eigenvalue weighted by Gasteiger charge is 2.24. The summed E-state index contributed by atoms with van der Waals surface area (Å²) in [4.78, 5) is 29.3. The van der Waals surface area contributed by atoms with E-state index in [1.54, 1.807) is 23.8 Å². The SMILES string of the molecule is CCOC(=O)N1CCN(CC(=O)N(C)Cc2ccc(C)o2)CC1. The molecule has 1 aliphatic heterocycles. The van der Waals surface area contributed by atoms with Gasteiger partial charge in [-0.15, -0.1) is 0 Å². The molecule has 0 aliphatic carbocycles. The monoisotopic (exact) mass is 323 g/mol. The summed E-state index contributed by atoms with van der Waals surface area (Å²) in [6.07, 6.45) is -0.274. The highest BCUT2D eigenvalue weighted by Crippen LogP contribution is 2.10. The predicted molar refractivity (Wildman–Crippen MR) is 85.0 cm³/mol. The van der Waals surface area contributed by atoms with Gasteiger partial charge >= 0.3 is 6.09 Å². The van der Waals surface area contributed by atoms with Gasteiger partial charge in [-0.25, -0.2) is 4.79 Å². The summed E-state index contributed by atoms with van der Waals surface area (Å²) < 4.78 is 10.5. The molecule has 1 aromatic rings. The Balaban J connectivity index is 1.74. The minimum absolute atomic E-state index is 0.0450. The third-order valence-electron chi connectivity index (χ3n) is 3.87. The first kappa shape index (κ1) is 17.3. The van der Waals surface area contributed by atoms with Crippen molar-refractivity contribution >= 4 is 12.0 Å². The van der Waals surface area contributed by atoms with Gasteiger partial charge in [-0.05, 0) is 26.0 Å². The molecular formula is C16H25N3O4. The molecule has 0 atom stereocenters. The van der Waals surface area contributed by atoms with Crippen LogP contribution in [0.2, 0.25) is 0 Å². The Labute approximate surface area is 136 Å². The minimum Gasteiger partial charge on any atom is -0.464 e. The van der Waals surface area contributed by atoms with Gasteiger partial charge in [0.2, 0.25) is 5.91 Å². The number of ether oxygens (including phenoxy) is 1. The van der Waals surface area contributed by atoms with E-state index in [9.17, 15) is 9.59 Å². The van der Waals surface area contributed by atoms with Crippen molar-refractivity contribution in [2.45, 2.75) is 20.4 Å². The zero-order valence-corrected chi connectivity index (χ0v) is 14.1. The average Bonchev–Trinajstić information content (AvgIpc) is 2.93. The number of piperazine rings is 1. The van der Waals surface area contributed by atoms with Crippen LogP contribution in [0.3, 0.4) is 0 Å². The summed E-state index contributed by atoms with van der Waals surface area (Å²) >= 11 is 0. The minimum atomic E-state index is -0.274. The van der Waals surface area contributed by atoms with Gasteiger partial charge < -0.3 is 19.0 Å². The molecule has 7 heteroatoms. The fourth-order valence-corrected chi connectivity index (χ4v) is 2.51. The lowest BCUT2D eigenvalue weighted by molar-refractivity contribution is -0.132. The van der Waals surface area contributed by atoms with E-state index < -0.39 is 0 Å². The second-order valence-electron chi connectivity index (χ2n) is 5.72. The number of rotatable bonds is 5. The third-order valence-corrected chi connectivity index (χ3v) is 3.87. The van der Waals surface area contributed by atoms with Crippen LogP contribution < -0.4 is 0 Å².